The zero-order valence-corrected chi connectivity index (χ0v) is 16.6. The number of para-hydroxylation sites is 2. The third-order valence-electron chi connectivity index (χ3n) is 4.60. The Morgan fingerprint density at radius 3 is 2.73 bits per heavy atom. The molecule has 1 unspecified atom stereocenters. The number of amides is 1. The zero-order valence-electron chi connectivity index (χ0n) is 15.8. The smallest absolute Gasteiger partial charge is 0.277 e. The third-order valence-corrected chi connectivity index (χ3v) is 5.42. The summed E-state index contributed by atoms with van der Waals surface area (Å²) in [6.07, 6.45) is -0.480. The molecular formula is C22H17N3O4S. The average Bonchev–Trinajstić information content (AvgIpc) is 3.27. The van der Waals surface area contributed by atoms with Crippen LogP contribution in [0.2, 0.25) is 0 Å². The van der Waals surface area contributed by atoms with Crippen molar-refractivity contribution in [3.05, 3.63) is 72.6 Å². The maximum absolute atomic E-state index is 12.4. The van der Waals surface area contributed by atoms with Crippen molar-refractivity contribution in [1.82, 2.24) is 10.2 Å². The van der Waals surface area contributed by atoms with Gasteiger partial charge in [0.15, 0.2) is 11.5 Å². The summed E-state index contributed by atoms with van der Waals surface area (Å²) in [4.78, 5) is 12.4. The summed E-state index contributed by atoms with van der Waals surface area (Å²) in [6.45, 7) is 0.283. The van der Waals surface area contributed by atoms with Crippen LogP contribution in [-0.2, 0) is 4.79 Å². The van der Waals surface area contributed by atoms with Crippen LogP contribution in [0.15, 0.2) is 76.4 Å². The van der Waals surface area contributed by atoms with E-state index in [1.54, 1.807) is 0 Å². The van der Waals surface area contributed by atoms with E-state index in [0.717, 1.165) is 16.5 Å². The van der Waals surface area contributed by atoms with Crippen molar-refractivity contribution in [2.45, 2.75) is 11.3 Å². The molecule has 3 aromatic carbocycles. The van der Waals surface area contributed by atoms with Gasteiger partial charge < -0.3 is 19.2 Å². The van der Waals surface area contributed by atoms with Gasteiger partial charge >= 0.3 is 0 Å². The third kappa shape index (κ3) is 3.81. The number of carbonyl (C=O) groups excluding carboxylic acids is 1. The number of rotatable bonds is 5. The molecule has 4 aromatic rings. The van der Waals surface area contributed by atoms with Gasteiger partial charge in [-0.15, -0.1) is 10.2 Å². The molecule has 1 amide bonds. The van der Waals surface area contributed by atoms with Gasteiger partial charge in [0.25, 0.3) is 11.1 Å². The van der Waals surface area contributed by atoms with Crippen molar-refractivity contribution < 1.29 is 18.7 Å². The van der Waals surface area contributed by atoms with Crippen LogP contribution in [0.5, 0.6) is 11.5 Å². The van der Waals surface area contributed by atoms with Crippen LogP contribution < -0.4 is 14.8 Å². The second-order valence-electron chi connectivity index (χ2n) is 6.63. The van der Waals surface area contributed by atoms with Gasteiger partial charge in [-0.2, -0.15) is 0 Å². The second kappa shape index (κ2) is 8.08. The van der Waals surface area contributed by atoms with Crippen LogP contribution in [0.3, 0.4) is 0 Å². The molecule has 1 aromatic heterocycles. The number of hydrogen-bond donors (Lipinski definition) is 1. The Labute approximate surface area is 176 Å². The average molecular weight is 419 g/mol. The van der Waals surface area contributed by atoms with Gasteiger partial charge in [0.05, 0.1) is 5.75 Å². The van der Waals surface area contributed by atoms with Gasteiger partial charge in [0, 0.05) is 11.1 Å². The fourth-order valence-electron chi connectivity index (χ4n) is 3.20. The molecule has 1 aliphatic rings. The molecule has 1 aliphatic heterocycles. The Kier molecular flexibility index (Phi) is 4.98. The van der Waals surface area contributed by atoms with E-state index in [4.69, 9.17) is 13.9 Å². The van der Waals surface area contributed by atoms with Gasteiger partial charge in [-0.25, -0.2) is 0 Å². The minimum absolute atomic E-state index is 0.149. The first kappa shape index (κ1) is 18.5. The van der Waals surface area contributed by atoms with E-state index in [9.17, 15) is 4.79 Å². The molecule has 1 atom stereocenters. The summed E-state index contributed by atoms with van der Waals surface area (Å²) in [6, 6.07) is 21.1. The van der Waals surface area contributed by atoms with Crippen LogP contribution in [0.1, 0.15) is 12.0 Å². The predicted molar refractivity (Wildman–Crippen MR) is 113 cm³/mol. The summed E-state index contributed by atoms with van der Waals surface area (Å²) >= 11 is 1.17. The van der Waals surface area contributed by atoms with E-state index in [1.165, 1.54) is 11.8 Å². The summed E-state index contributed by atoms with van der Waals surface area (Å²) in [5.74, 6) is 1.64. The van der Waals surface area contributed by atoms with Gasteiger partial charge in [0.1, 0.15) is 6.61 Å². The second-order valence-corrected chi connectivity index (χ2v) is 7.56. The van der Waals surface area contributed by atoms with E-state index >= 15 is 0 Å². The molecule has 2 heterocycles. The molecule has 0 spiro atoms. The fourth-order valence-corrected chi connectivity index (χ4v) is 3.77. The standard InChI is InChI=1S/C22H17N3O4S/c26-20(23-16-9-5-7-14-6-1-2-8-15(14)16)13-30-22-25-24-21(29-22)19-12-27-17-10-3-4-11-18(17)28-19/h1-11,19H,12-13H2,(H,23,26). The molecule has 30 heavy (non-hydrogen) atoms. The molecule has 0 radical (unpaired) electrons. The zero-order chi connectivity index (χ0) is 20.3. The Morgan fingerprint density at radius 1 is 1.00 bits per heavy atom. The van der Waals surface area contributed by atoms with Crippen molar-refractivity contribution in [3.63, 3.8) is 0 Å². The highest BCUT2D eigenvalue weighted by Crippen LogP contribution is 2.36. The Morgan fingerprint density at radius 2 is 1.80 bits per heavy atom. The van der Waals surface area contributed by atoms with Crippen molar-refractivity contribution in [1.29, 1.82) is 0 Å². The maximum atomic E-state index is 12.4. The van der Waals surface area contributed by atoms with Crippen molar-refractivity contribution in [3.8, 4) is 11.5 Å². The van der Waals surface area contributed by atoms with Crippen LogP contribution >= 0.6 is 11.8 Å². The van der Waals surface area contributed by atoms with E-state index in [0.29, 0.717) is 22.6 Å². The van der Waals surface area contributed by atoms with Crippen molar-refractivity contribution >= 4 is 34.1 Å². The molecule has 150 valence electrons. The number of anilines is 1. The molecule has 8 heteroatoms. The lowest BCUT2D eigenvalue weighted by atomic mass is 10.1. The number of hydrogen-bond acceptors (Lipinski definition) is 7. The van der Waals surface area contributed by atoms with Crippen LogP contribution in [0, 0.1) is 0 Å². The highest BCUT2D eigenvalue weighted by atomic mass is 32.2. The minimum atomic E-state index is -0.480. The topological polar surface area (TPSA) is 86.5 Å². The summed E-state index contributed by atoms with van der Waals surface area (Å²) in [5.41, 5.74) is 0.774. The molecule has 0 aliphatic carbocycles. The number of ether oxygens (including phenoxy) is 2. The molecule has 0 saturated heterocycles. The summed E-state index contributed by atoms with van der Waals surface area (Å²) in [5, 5.41) is 13.4. The van der Waals surface area contributed by atoms with E-state index < -0.39 is 6.10 Å². The first-order valence-electron chi connectivity index (χ1n) is 9.38. The number of nitrogens with zero attached hydrogens (tertiary/aromatic N) is 2. The number of benzene rings is 3. The lowest BCUT2D eigenvalue weighted by Crippen LogP contribution is -2.21. The molecule has 5 rings (SSSR count). The van der Waals surface area contributed by atoms with Gasteiger partial charge in [-0.1, -0.05) is 60.3 Å². The Balaban J connectivity index is 1.20. The van der Waals surface area contributed by atoms with Crippen molar-refractivity contribution in [2.24, 2.45) is 0 Å². The number of nitrogens with one attached hydrogen (secondary N) is 1. The van der Waals surface area contributed by atoms with E-state index in [1.807, 2.05) is 66.7 Å². The summed E-state index contributed by atoms with van der Waals surface area (Å²) < 4.78 is 17.2. The number of thioether (sulfide) groups is 1. The fraction of sp³-hybridized carbons (Fsp3) is 0.136. The first-order chi connectivity index (χ1) is 14.8. The normalized spacial score (nSPS) is 15.1. The van der Waals surface area contributed by atoms with Crippen molar-refractivity contribution in [2.75, 3.05) is 17.7 Å². The van der Waals surface area contributed by atoms with Crippen LogP contribution in [-0.4, -0.2) is 28.5 Å². The molecule has 7 nitrogen and oxygen atoms in total. The molecule has 0 bridgehead atoms. The quantitative estimate of drug-likeness (QED) is 0.478. The lowest BCUT2D eigenvalue weighted by molar-refractivity contribution is -0.113. The SMILES string of the molecule is O=C(CSc1nnc(C2COc3ccccc3O2)o1)Nc1cccc2ccccc12. The molecular weight excluding hydrogens is 402 g/mol. The molecule has 0 fully saturated rings. The number of carbonyl (C=O) groups is 1. The lowest BCUT2D eigenvalue weighted by Gasteiger charge is -2.23. The maximum Gasteiger partial charge on any atom is 0.277 e. The van der Waals surface area contributed by atoms with Gasteiger partial charge in [0.2, 0.25) is 12.0 Å². The Hall–Kier alpha value is -3.52. The monoisotopic (exact) mass is 419 g/mol. The highest BCUT2D eigenvalue weighted by molar-refractivity contribution is 7.99. The van der Waals surface area contributed by atoms with E-state index in [2.05, 4.69) is 15.5 Å². The summed E-state index contributed by atoms with van der Waals surface area (Å²) in [7, 11) is 0. The number of fused-ring (bicyclic) bond motifs is 2. The largest absolute Gasteiger partial charge is 0.485 e. The predicted octanol–water partition coefficient (Wildman–Crippen LogP) is 4.47. The first-order valence-corrected chi connectivity index (χ1v) is 10.4. The molecule has 0 saturated carbocycles. The molecule has 1 N–H and O–H groups in total. The van der Waals surface area contributed by atoms with Crippen LogP contribution in [0.25, 0.3) is 10.8 Å². The van der Waals surface area contributed by atoms with Gasteiger partial charge in [-0.3, -0.25) is 4.79 Å². The minimum Gasteiger partial charge on any atom is -0.485 e. The van der Waals surface area contributed by atoms with E-state index in [-0.39, 0.29) is 18.3 Å². The highest BCUT2D eigenvalue weighted by Gasteiger charge is 2.27. The number of aromatic nitrogens is 2. The van der Waals surface area contributed by atoms with Gasteiger partial charge in [-0.05, 0) is 23.6 Å². The van der Waals surface area contributed by atoms with Crippen LogP contribution in [0.4, 0.5) is 5.69 Å². The Bertz CT molecular complexity index is 1200.